The average Bonchev–Trinajstić information content (AvgIpc) is 3.19. The van der Waals surface area contributed by atoms with Crippen LogP contribution in [-0.4, -0.2) is 34.8 Å². The molecule has 0 bridgehead atoms. The molecule has 0 atom stereocenters. The molecule has 3 aromatic rings. The number of thioether (sulfide) groups is 1. The zero-order chi connectivity index (χ0) is 19.6. The Balaban J connectivity index is 1.66. The van der Waals surface area contributed by atoms with Crippen molar-refractivity contribution in [2.45, 2.75) is 30.7 Å². The van der Waals surface area contributed by atoms with E-state index >= 15 is 0 Å². The number of unbranched alkanes of at least 4 members (excludes halogenated alkanes) is 1. The van der Waals surface area contributed by atoms with Crippen LogP contribution in [0.15, 0.2) is 65.1 Å². The third-order valence-corrected chi connectivity index (χ3v) is 4.99. The fourth-order valence-corrected chi connectivity index (χ4v) is 3.27. The summed E-state index contributed by atoms with van der Waals surface area (Å²) in [4.78, 5) is 0. The van der Waals surface area contributed by atoms with Crippen LogP contribution in [-0.2, 0) is 5.75 Å². The number of rotatable bonds is 10. The zero-order valence-electron chi connectivity index (χ0n) is 16.1. The lowest BCUT2D eigenvalue weighted by atomic mass is 10.2. The van der Waals surface area contributed by atoms with Crippen LogP contribution in [0.4, 0.5) is 0 Å². The van der Waals surface area contributed by atoms with Crippen LogP contribution in [0.2, 0.25) is 0 Å². The molecule has 0 radical (unpaired) electrons. The van der Waals surface area contributed by atoms with E-state index in [-0.39, 0.29) is 0 Å². The Morgan fingerprint density at radius 1 is 1.14 bits per heavy atom. The third kappa shape index (κ3) is 5.60. The van der Waals surface area contributed by atoms with Crippen molar-refractivity contribution < 1.29 is 9.47 Å². The lowest BCUT2D eigenvalue weighted by molar-refractivity contribution is 0.288. The molecule has 1 aromatic heterocycles. The number of nitrogens with zero attached hydrogens (tertiary/aromatic N) is 4. The molecule has 146 valence electrons. The van der Waals surface area contributed by atoms with Crippen molar-refractivity contribution in [3.63, 3.8) is 0 Å². The quantitative estimate of drug-likeness (QED) is 0.284. The van der Waals surface area contributed by atoms with Gasteiger partial charge in [-0.25, -0.2) is 0 Å². The van der Waals surface area contributed by atoms with Crippen LogP contribution >= 0.6 is 11.8 Å². The van der Waals surface area contributed by atoms with E-state index in [1.807, 2.05) is 36.4 Å². The lowest BCUT2D eigenvalue weighted by Gasteiger charge is -2.10. The van der Waals surface area contributed by atoms with Gasteiger partial charge in [-0.2, -0.15) is 9.78 Å². The third-order valence-electron chi connectivity index (χ3n) is 3.99. The molecule has 1 heterocycles. The summed E-state index contributed by atoms with van der Waals surface area (Å²) < 4.78 is 12.9. The molecule has 2 aromatic carbocycles. The second-order valence-electron chi connectivity index (χ2n) is 6.09. The first kappa shape index (κ1) is 19.9. The van der Waals surface area contributed by atoms with Crippen LogP contribution in [0.25, 0.3) is 0 Å². The van der Waals surface area contributed by atoms with Gasteiger partial charge in [-0.15, -0.1) is 10.2 Å². The molecular weight excluding hydrogens is 372 g/mol. The smallest absolute Gasteiger partial charge is 0.212 e. The molecule has 0 saturated carbocycles. The van der Waals surface area contributed by atoms with Crippen molar-refractivity contribution in [1.82, 2.24) is 14.9 Å². The molecule has 0 fully saturated rings. The molecule has 3 rings (SSSR count). The van der Waals surface area contributed by atoms with Gasteiger partial charge < -0.3 is 9.47 Å². The number of methoxy groups -OCH3 is 1. The van der Waals surface area contributed by atoms with Gasteiger partial charge >= 0.3 is 0 Å². The fourth-order valence-electron chi connectivity index (χ4n) is 2.45. The highest BCUT2D eigenvalue weighted by atomic mass is 32.2. The van der Waals surface area contributed by atoms with Gasteiger partial charge in [0, 0.05) is 5.75 Å². The lowest BCUT2D eigenvalue weighted by Crippen LogP contribution is -1.99. The van der Waals surface area contributed by atoms with Crippen LogP contribution in [0, 0.1) is 0 Å². The first-order valence-corrected chi connectivity index (χ1v) is 10.2. The Morgan fingerprint density at radius 2 is 2.00 bits per heavy atom. The second-order valence-corrected chi connectivity index (χ2v) is 7.03. The second kappa shape index (κ2) is 10.5. The topological polar surface area (TPSA) is 61.5 Å². The molecule has 0 amide bonds. The highest BCUT2D eigenvalue weighted by molar-refractivity contribution is 7.98. The summed E-state index contributed by atoms with van der Waals surface area (Å²) >= 11 is 1.59. The summed E-state index contributed by atoms with van der Waals surface area (Å²) in [6.07, 6.45) is 5.47. The van der Waals surface area contributed by atoms with Gasteiger partial charge in [-0.05, 0) is 35.7 Å². The van der Waals surface area contributed by atoms with Crippen LogP contribution in [0.1, 0.15) is 30.9 Å². The van der Waals surface area contributed by atoms with Crippen molar-refractivity contribution in [3.05, 3.63) is 66.0 Å². The minimum absolute atomic E-state index is 0.684. The van der Waals surface area contributed by atoms with Crippen LogP contribution < -0.4 is 9.47 Å². The van der Waals surface area contributed by atoms with E-state index in [4.69, 9.17) is 9.47 Å². The predicted molar refractivity (Wildman–Crippen MR) is 112 cm³/mol. The van der Waals surface area contributed by atoms with E-state index in [9.17, 15) is 0 Å². The summed E-state index contributed by atoms with van der Waals surface area (Å²) in [6.45, 7) is 2.82. The van der Waals surface area contributed by atoms with Gasteiger partial charge in [0.05, 0.1) is 19.9 Å². The standard InChI is InChI=1S/C21H24N4O2S/c1-3-4-12-27-19-11-10-18(13-20(19)26-2)14-23-25-16-22-24-21(25)28-15-17-8-6-5-7-9-17/h5-11,13-14,16H,3-4,12,15H2,1-2H3. The molecule has 0 aliphatic rings. The molecule has 0 N–H and O–H groups in total. The molecule has 0 unspecified atom stereocenters. The average molecular weight is 397 g/mol. The molecule has 28 heavy (non-hydrogen) atoms. The predicted octanol–water partition coefficient (Wildman–Crippen LogP) is 4.64. The highest BCUT2D eigenvalue weighted by Gasteiger charge is 2.07. The Labute approximate surface area is 169 Å². The minimum atomic E-state index is 0.684. The van der Waals surface area contributed by atoms with E-state index in [0.29, 0.717) is 12.4 Å². The van der Waals surface area contributed by atoms with Gasteiger partial charge in [0.25, 0.3) is 0 Å². The van der Waals surface area contributed by atoms with Crippen molar-refractivity contribution in [2.24, 2.45) is 5.10 Å². The largest absolute Gasteiger partial charge is 0.493 e. The summed E-state index contributed by atoms with van der Waals surface area (Å²) in [5.74, 6) is 2.26. The maximum Gasteiger partial charge on any atom is 0.212 e. The van der Waals surface area contributed by atoms with Crippen molar-refractivity contribution in [2.75, 3.05) is 13.7 Å². The summed E-state index contributed by atoms with van der Waals surface area (Å²) in [7, 11) is 1.64. The Morgan fingerprint density at radius 3 is 2.79 bits per heavy atom. The van der Waals surface area contributed by atoms with E-state index in [1.165, 1.54) is 5.56 Å². The summed E-state index contributed by atoms with van der Waals surface area (Å²) in [5.41, 5.74) is 2.14. The number of hydrogen-bond donors (Lipinski definition) is 0. The van der Waals surface area contributed by atoms with Gasteiger partial charge in [-0.3, -0.25) is 0 Å². The van der Waals surface area contributed by atoms with Crippen LogP contribution in [0.5, 0.6) is 11.5 Å². The van der Waals surface area contributed by atoms with Gasteiger partial charge in [0.15, 0.2) is 11.5 Å². The fraction of sp³-hybridized carbons (Fsp3) is 0.286. The Bertz CT molecular complexity index is 896. The summed E-state index contributed by atoms with van der Waals surface area (Å²) in [6, 6.07) is 16.0. The molecule has 0 spiro atoms. The molecule has 7 heteroatoms. The van der Waals surface area contributed by atoms with Gasteiger partial charge in [0.2, 0.25) is 5.16 Å². The number of aromatic nitrogens is 3. The number of hydrogen-bond acceptors (Lipinski definition) is 6. The van der Waals surface area contributed by atoms with Crippen molar-refractivity contribution in [1.29, 1.82) is 0 Å². The molecule has 6 nitrogen and oxygen atoms in total. The molecule has 0 aliphatic carbocycles. The highest BCUT2D eigenvalue weighted by Crippen LogP contribution is 2.28. The van der Waals surface area contributed by atoms with Gasteiger partial charge in [0.1, 0.15) is 6.33 Å². The van der Waals surface area contributed by atoms with Crippen molar-refractivity contribution in [3.8, 4) is 11.5 Å². The maximum atomic E-state index is 5.77. The number of ether oxygens (including phenoxy) is 2. The van der Waals surface area contributed by atoms with E-state index in [2.05, 4.69) is 34.4 Å². The molecular formula is C21H24N4O2S. The molecule has 0 aliphatic heterocycles. The van der Waals surface area contributed by atoms with E-state index in [0.717, 1.165) is 35.1 Å². The van der Waals surface area contributed by atoms with Crippen LogP contribution in [0.3, 0.4) is 0 Å². The van der Waals surface area contributed by atoms with Gasteiger partial charge in [-0.1, -0.05) is 55.4 Å². The minimum Gasteiger partial charge on any atom is -0.493 e. The first-order chi connectivity index (χ1) is 13.8. The normalized spacial score (nSPS) is 11.1. The molecule has 0 saturated heterocycles. The van der Waals surface area contributed by atoms with E-state index in [1.54, 1.807) is 36.1 Å². The van der Waals surface area contributed by atoms with E-state index < -0.39 is 0 Å². The van der Waals surface area contributed by atoms with Crippen molar-refractivity contribution >= 4 is 18.0 Å². The monoisotopic (exact) mass is 396 g/mol. The first-order valence-electron chi connectivity index (χ1n) is 9.22. The summed E-state index contributed by atoms with van der Waals surface area (Å²) in [5, 5.41) is 13.3. The SMILES string of the molecule is CCCCOc1ccc(C=Nn2cnnc2SCc2ccccc2)cc1OC. The Kier molecular flexibility index (Phi) is 7.49. The number of benzene rings is 2. The zero-order valence-corrected chi connectivity index (χ0v) is 16.9. The Hall–Kier alpha value is -2.80. The maximum absolute atomic E-state index is 5.77.